The van der Waals surface area contributed by atoms with Gasteiger partial charge >= 0.3 is 12.2 Å². The summed E-state index contributed by atoms with van der Waals surface area (Å²) in [4.78, 5) is 37.0. The first-order chi connectivity index (χ1) is 11.8. The third kappa shape index (κ3) is 2.74. The molecule has 1 aromatic carbocycles. The minimum Gasteiger partial charge on any atom is -0.313 e. The number of benzene rings is 1. The van der Waals surface area contributed by atoms with E-state index in [2.05, 4.69) is 0 Å². The number of imide groups is 1. The molecule has 1 aliphatic rings. The molecule has 1 fully saturated rings. The molecule has 1 aliphatic heterocycles. The summed E-state index contributed by atoms with van der Waals surface area (Å²) >= 11 is 0.906. The van der Waals surface area contributed by atoms with Crippen molar-refractivity contribution in [3.63, 3.8) is 0 Å². The zero-order chi connectivity index (χ0) is 18.2. The van der Waals surface area contributed by atoms with Crippen LogP contribution in [0.4, 0.5) is 23.7 Å². The average molecular weight is 369 g/mol. The maximum absolute atomic E-state index is 13.7. The van der Waals surface area contributed by atoms with E-state index < -0.39 is 29.7 Å². The predicted octanol–water partition coefficient (Wildman–Crippen LogP) is 2.49. The Bertz CT molecular complexity index is 824. The second-order valence-electron chi connectivity index (χ2n) is 5.09. The lowest BCUT2D eigenvalue weighted by Crippen LogP contribution is -2.69. The van der Waals surface area contributed by atoms with E-state index in [1.807, 2.05) is 0 Å². The van der Waals surface area contributed by atoms with E-state index in [-0.39, 0.29) is 10.6 Å². The highest BCUT2D eigenvalue weighted by molar-refractivity contribution is 7.12. The van der Waals surface area contributed by atoms with Crippen LogP contribution in [0.25, 0.3) is 0 Å². The van der Waals surface area contributed by atoms with Crippen molar-refractivity contribution >= 4 is 34.9 Å². The van der Waals surface area contributed by atoms with E-state index in [9.17, 15) is 27.6 Å². The molecule has 0 unspecified atom stereocenters. The van der Waals surface area contributed by atoms with Gasteiger partial charge in [0.05, 0.1) is 10.6 Å². The minimum absolute atomic E-state index is 0.0242. The van der Waals surface area contributed by atoms with Gasteiger partial charge in [-0.1, -0.05) is 24.3 Å². The number of hydrogen-bond acceptors (Lipinski definition) is 4. The monoisotopic (exact) mass is 369 g/mol. The number of thiophene rings is 1. The zero-order valence-corrected chi connectivity index (χ0v) is 13.1. The van der Waals surface area contributed by atoms with Gasteiger partial charge < -0.3 is 5.32 Å². The molecule has 10 heteroatoms. The van der Waals surface area contributed by atoms with Crippen LogP contribution in [0.1, 0.15) is 9.67 Å². The summed E-state index contributed by atoms with van der Waals surface area (Å²) in [5.41, 5.74) is -3.57. The van der Waals surface area contributed by atoms with Crippen molar-refractivity contribution in [3.05, 3.63) is 52.7 Å². The van der Waals surface area contributed by atoms with Crippen molar-refractivity contribution in [3.8, 4) is 0 Å². The van der Waals surface area contributed by atoms with Gasteiger partial charge in [0.15, 0.2) is 0 Å². The fourth-order valence-corrected chi connectivity index (χ4v) is 2.95. The van der Waals surface area contributed by atoms with Crippen molar-refractivity contribution in [2.75, 3.05) is 4.90 Å². The van der Waals surface area contributed by atoms with Gasteiger partial charge in [-0.05, 0) is 23.6 Å². The molecule has 2 N–H and O–H groups in total. The van der Waals surface area contributed by atoms with Gasteiger partial charge in [0, 0.05) is 0 Å². The predicted molar refractivity (Wildman–Crippen MR) is 83.0 cm³/mol. The van der Waals surface area contributed by atoms with Gasteiger partial charge in [0.2, 0.25) is 0 Å². The van der Waals surface area contributed by atoms with Crippen LogP contribution in [-0.4, -0.2) is 29.7 Å². The third-order valence-electron chi connectivity index (χ3n) is 3.51. The lowest BCUT2D eigenvalue weighted by atomic mass is 10.1. The molecule has 1 atom stereocenters. The molecule has 0 bridgehead atoms. The first kappa shape index (κ1) is 17.0. The van der Waals surface area contributed by atoms with Gasteiger partial charge in [-0.2, -0.15) is 13.2 Å². The Morgan fingerprint density at radius 2 is 1.80 bits per heavy atom. The largest absolute Gasteiger partial charge is 0.440 e. The summed E-state index contributed by atoms with van der Waals surface area (Å²) in [5, 5.41) is 4.72. The molecule has 2 aromatic rings. The molecule has 1 aromatic heterocycles. The highest BCUT2D eigenvalue weighted by Crippen LogP contribution is 2.36. The minimum atomic E-state index is -5.24. The Kier molecular flexibility index (Phi) is 3.99. The Hall–Kier alpha value is -2.88. The summed E-state index contributed by atoms with van der Waals surface area (Å²) in [6, 6.07) is 8.64. The molecule has 6 nitrogen and oxygen atoms in total. The number of alkyl halides is 3. The lowest BCUT2D eigenvalue weighted by Gasteiger charge is -2.29. The number of urea groups is 1. The van der Waals surface area contributed by atoms with Gasteiger partial charge in [-0.3, -0.25) is 14.9 Å². The molecule has 25 heavy (non-hydrogen) atoms. The standard InChI is InChI=1S/C15H10F3N3O3S/c16-15(17,18)14(19-11(22)10-7-4-8-25-10)12(23)21(13(24)20-14)9-5-2-1-3-6-9/h1-8H,(H,19,22)(H,20,24)/t14-/m0/s1. The molecule has 130 valence electrons. The fourth-order valence-electron chi connectivity index (χ4n) is 2.33. The van der Waals surface area contributed by atoms with Gasteiger partial charge in [0.25, 0.3) is 17.5 Å². The number of nitrogens with one attached hydrogen (secondary N) is 2. The van der Waals surface area contributed by atoms with Crippen molar-refractivity contribution in [1.82, 2.24) is 10.6 Å². The number of carbonyl (C=O) groups is 3. The summed E-state index contributed by atoms with van der Waals surface area (Å²) in [5.74, 6) is -2.74. The molecule has 0 aliphatic carbocycles. The maximum Gasteiger partial charge on any atom is 0.440 e. The van der Waals surface area contributed by atoms with Crippen LogP contribution in [0.5, 0.6) is 0 Å². The van der Waals surface area contributed by atoms with E-state index in [0.29, 0.717) is 4.90 Å². The smallest absolute Gasteiger partial charge is 0.313 e. The topological polar surface area (TPSA) is 78.5 Å². The second kappa shape index (κ2) is 5.88. The van der Waals surface area contributed by atoms with E-state index in [1.54, 1.807) is 16.7 Å². The van der Waals surface area contributed by atoms with E-state index in [4.69, 9.17) is 0 Å². The Labute approximate surface area is 143 Å². The highest BCUT2D eigenvalue weighted by atomic mass is 32.1. The number of carbonyl (C=O) groups excluding carboxylic acids is 3. The molecule has 0 radical (unpaired) electrons. The second-order valence-corrected chi connectivity index (χ2v) is 6.03. The van der Waals surface area contributed by atoms with Crippen LogP contribution in [0, 0.1) is 0 Å². The number of para-hydroxylation sites is 1. The molecule has 3 rings (SSSR count). The van der Waals surface area contributed by atoms with Gasteiger partial charge in [0.1, 0.15) is 0 Å². The van der Waals surface area contributed by atoms with Crippen LogP contribution >= 0.6 is 11.3 Å². The van der Waals surface area contributed by atoms with E-state index >= 15 is 0 Å². The van der Waals surface area contributed by atoms with Crippen molar-refractivity contribution in [2.45, 2.75) is 11.8 Å². The lowest BCUT2D eigenvalue weighted by molar-refractivity contribution is -0.197. The number of amides is 4. The van der Waals surface area contributed by atoms with Crippen LogP contribution in [0.15, 0.2) is 47.8 Å². The first-order valence-corrected chi connectivity index (χ1v) is 7.79. The van der Waals surface area contributed by atoms with Crippen molar-refractivity contribution < 1.29 is 27.6 Å². The molecular formula is C15H10F3N3O3S. The van der Waals surface area contributed by atoms with Crippen LogP contribution in [-0.2, 0) is 4.79 Å². The number of rotatable bonds is 3. The fraction of sp³-hybridized carbons (Fsp3) is 0.133. The summed E-state index contributed by atoms with van der Waals surface area (Å²) in [6.45, 7) is 0. The Morgan fingerprint density at radius 3 is 2.36 bits per heavy atom. The third-order valence-corrected chi connectivity index (χ3v) is 4.38. The molecule has 1 saturated heterocycles. The van der Waals surface area contributed by atoms with Crippen LogP contribution in [0.2, 0.25) is 0 Å². The molecule has 2 heterocycles. The Balaban J connectivity index is 2.01. The number of hydrogen-bond donors (Lipinski definition) is 2. The number of halogens is 3. The highest BCUT2D eigenvalue weighted by Gasteiger charge is 2.69. The van der Waals surface area contributed by atoms with E-state index in [0.717, 1.165) is 11.3 Å². The van der Waals surface area contributed by atoms with Gasteiger partial charge in [-0.25, -0.2) is 9.69 Å². The average Bonchev–Trinajstić information content (AvgIpc) is 3.16. The molecular weight excluding hydrogens is 359 g/mol. The number of anilines is 1. The first-order valence-electron chi connectivity index (χ1n) is 6.91. The number of nitrogens with zero attached hydrogens (tertiary/aromatic N) is 1. The van der Waals surface area contributed by atoms with Crippen molar-refractivity contribution in [2.24, 2.45) is 0 Å². The zero-order valence-electron chi connectivity index (χ0n) is 12.3. The van der Waals surface area contributed by atoms with Crippen LogP contribution in [0.3, 0.4) is 0 Å². The molecule has 0 saturated carbocycles. The molecule has 0 spiro atoms. The van der Waals surface area contributed by atoms with Gasteiger partial charge in [-0.15, -0.1) is 11.3 Å². The summed E-state index contributed by atoms with van der Waals surface area (Å²) < 4.78 is 41.0. The summed E-state index contributed by atoms with van der Waals surface area (Å²) in [7, 11) is 0. The molecule has 4 amide bonds. The Morgan fingerprint density at radius 1 is 1.12 bits per heavy atom. The van der Waals surface area contributed by atoms with Crippen molar-refractivity contribution in [1.29, 1.82) is 0 Å². The quantitative estimate of drug-likeness (QED) is 0.816. The normalized spacial score (nSPS) is 20.5. The SMILES string of the molecule is O=C(N[C@]1(C(F)(F)F)NC(=O)N(c2ccccc2)C1=O)c1cccs1. The van der Waals surface area contributed by atoms with Crippen LogP contribution < -0.4 is 15.5 Å². The summed E-state index contributed by atoms with van der Waals surface area (Å²) in [6.07, 6.45) is -5.24. The van der Waals surface area contributed by atoms with E-state index in [1.165, 1.54) is 41.8 Å². The maximum atomic E-state index is 13.7.